The van der Waals surface area contributed by atoms with E-state index in [9.17, 15) is 13.6 Å². The van der Waals surface area contributed by atoms with Crippen LogP contribution in [0.2, 0.25) is 0 Å². The van der Waals surface area contributed by atoms with Gasteiger partial charge in [0.1, 0.15) is 23.1 Å². The van der Waals surface area contributed by atoms with Crippen molar-refractivity contribution in [1.29, 1.82) is 0 Å². The molecule has 4 rings (SSSR count). The fourth-order valence-electron chi connectivity index (χ4n) is 3.21. The van der Waals surface area contributed by atoms with Gasteiger partial charge in [-0.05, 0) is 12.1 Å². The maximum atomic E-state index is 14.7. The Morgan fingerprint density at radius 1 is 0.938 bits per heavy atom. The molecule has 3 aromatic rings. The van der Waals surface area contributed by atoms with Gasteiger partial charge in [0.15, 0.2) is 5.82 Å². The standard InChI is InChI=1S/C22H19F2N3O4S/c1-29-13-8-16(23)15(17(24)9-13)12-26-18-6-4-5-7-19(18)32-27(22(26)28)20-10-14(30-2)11-21(25-20)31-3/h4-11H,12H2,1-3H3. The first kappa shape index (κ1) is 21.7. The van der Waals surface area contributed by atoms with Gasteiger partial charge in [-0.25, -0.2) is 17.9 Å². The number of aromatic nitrogens is 1. The highest BCUT2D eigenvalue weighted by molar-refractivity contribution is 8.01. The molecule has 0 radical (unpaired) electrons. The third-order valence-corrected chi connectivity index (χ3v) is 5.90. The minimum atomic E-state index is -0.807. The predicted molar refractivity (Wildman–Crippen MR) is 117 cm³/mol. The topological polar surface area (TPSA) is 64.1 Å². The minimum absolute atomic E-state index is 0.0546. The monoisotopic (exact) mass is 459 g/mol. The van der Waals surface area contributed by atoms with Crippen molar-refractivity contribution in [2.24, 2.45) is 0 Å². The molecule has 0 unspecified atom stereocenters. The zero-order valence-electron chi connectivity index (χ0n) is 17.5. The molecule has 7 nitrogen and oxygen atoms in total. The van der Waals surface area contributed by atoms with Gasteiger partial charge in [-0.1, -0.05) is 12.1 Å². The molecule has 0 aliphatic carbocycles. The Morgan fingerprint density at radius 3 is 2.25 bits per heavy atom. The first-order chi connectivity index (χ1) is 15.4. The number of carbonyl (C=O) groups is 1. The van der Waals surface area contributed by atoms with Crippen LogP contribution >= 0.6 is 11.9 Å². The molecule has 1 aliphatic rings. The van der Waals surface area contributed by atoms with Gasteiger partial charge >= 0.3 is 6.03 Å². The Kier molecular flexibility index (Phi) is 6.04. The highest BCUT2D eigenvalue weighted by Crippen LogP contribution is 2.42. The van der Waals surface area contributed by atoms with Crippen molar-refractivity contribution in [3.8, 4) is 17.4 Å². The number of fused-ring (bicyclic) bond motifs is 1. The van der Waals surface area contributed by atoms with Gasteiger partial charge in [0.05, 0.1) is 38.5 Å². The average Bonchev–Trinajstić information content (AvgIpc) is 2.81. The number of nitrogens with zero attached hydrogens (tertiary/aromatic N) is 3. The minimum Gasteiger partial charge on any atom is -0.497 e. The van der Waals surface area contributed by atoms with Crippen LogP contribution in [-0.4, -0.2) is 32.3 Å². The van der Waals surface area contributed by atoms with Gasteiger partial charge in [-0.2, -0.15) is 4.98 Å². The van der Waals surface area contributed by atoms with E-state index in [-0.39, 0.29) is 29.6 Å². The smallest absolute Gasteiger partial charge is 0.341 e. The summed E-state index contributed by atoms with van der Waals surface area (Å²) in [6.45, 7) is -0.324. The molecule has 0 saturated carbocycles. The number of urea groups is 1. The van der Waals surface area contributed by atoms with Crippen LogP contribution in [0.4, 0.5) is 25.1 Å². The Hall–Kier alpha value is -3.53. The number of anilines is 2. The molecule has 0 spiro atoms. The van der Waals surface area contributed by atoms with E-state index in [1.54, 1.807) is 24.3 Å². The lowest BCUT2D eigenvalue weighted by molar-refractivity contribution is 0.254. The Labute approximate surface area is 187 Å². The van der Waals surface area contributed by atoms with Crippen molar-refractivity contribution < 1.29 is 27.8 Å². The van der Waals surface area contributed by atoms with Crippen LogP contribution in [0.1, 0.15) is 5.56 Å². The highest BCUT2D eigenvalue weighted by Gasteiger charge is 2.34. The Bertz CT molecular complexity index is 1130. The van der Waals surface area contributed by atoms with Gasteiger partial charge in [-0.15, -0.1) is 0 Å². The third kappa shape index (κ3) is 4.01. The predicted octanol–water partition coefficient (Wildman–Crippen LogP) is 5.04. The first-order valence-corrected chi connectivity index (χ1v) is 10.2. The molecule has 0 N–H and O–H groups in total. The molecule has 0 atom stereocenters. The van der Waals surface area contributed by atoms with E-state index in [1.807, 2.05) is 12.1 Å². The van der Waals surface area contributed by atoms with E-state index in [1.165, 1.54) is 30.5 Å². The molecule has 0 saturated heterocycles. The molecule has 0 bridgehead atoms. The number of carbonyl (C=O) groups excluding carboxylic acids is 1. The van der Waals surface area contributed by atoms with Crippen LogP contribution in [-0.2, 0) is 6.54 Å². The SMILES string of the molecule is COc1cc(OC)nc(N2Sc3ccccc3N(Cc3c(F)cc(OC)cc3F)C2=O)c1. The van der Waals surface area contributed by atoms with Crippen molar-refractivity contribution in [2.45, 2.75) is 11.4 Å². The second kappa shape index (κ2) is 8.91. The maximum Gasteiger partial charge on any atom is 0.341 e. The third-order valence-electron chi connectivity index (χ3n) is 4.83. The molecule has 166 valence electrons. The normalized spacial score (nSPS) is 13.1. The largest absolute Gasteiger partial charge is 0.497 e. The van der Waals surface area contributed by atoms with Gasteiger partial charge < -0.3 is 14.2 Å². The van der Waals surface area contributed by atoms with Crippen LogP contribution in [0, 0.1) is 11.6 Å². The molecule has 2 aromatic carbocycles. The summed E-state index contributed by atoms with van der Waals surface area (Å²) in [5.74, 6) is -0.607. The van der Waals surface area contributed by atoms with Crippen LogP contribution in [0.5, 0.6) is 17.4 Å². The van der Waals surface area contributed by atoms with E-state index in [4.69, 9.17) is 14.2 Å². The molecule has 1 aliphatic heterocycles. The van der Waals surface area contributed by atoms with E-state index >= 15 is 0 Å². The van der Waals surface area contributed by atoms with Crippen molar-refractivity contribution in [3.63, 3.8) is 0 Å². The fraction of sp³-hybridized carbons (Fsp3) is 0.182. The highest BCUT2D eigenvalue weighted by atomic mass is 32.2. The second-order valence-electron chi connectivity index (χ2n) is 6.70. The number of halogens is 2. The molecule has 10 heteroatoms. The Morgan fingerprint density at radius 2 is 1.59 bits per heavy atom. The van der Waals surface area contributed by atoms with Crippen LogP contribution in [0.3, 0.4) is 0 Å². The number of pyridine rings is 1. The molecule has 1 aromatic heterocycles. The second-order valence-corrected chi connectivity index (χ2v) is 7.69. The van der Waals surface area contributed by atoms with Crippen molar-refractivity contribution >= 4 is 29.5 Å². The summed E-state index contributed by atoms with van der Waals surface area (Å²) in [6.07, 6.45) is 0. The summed E-state index contributed by atoms with van der Waals surface area (Å²) in [5, 5.41) is 0. The summed E-state index contributed by atoms with van der Waals surface area (Å²) >= 11 is 1.15. The summed E-state index contributed by atoms with van der Waals surface area (Å²) in [7, 11) is 4.26. The van der Waals surface area contributed by atoms with E-state index in [0.29, 0.717) is 16.3 Å². The van der Waals surface area contributed by atoms with Crippen LogP contribution in [0.15, 0.2) is 53.4 Å². The number of amides is 2. The number of ether oxygens (including phenoxy) is 3. The molecular formula is C22H19F2N3O4S. The molecular weight excluding hydrogens is 440 g/mol. The number of benzene rings is 2. The quantitative estimate of drug-likeness (QED) is 0.482. The molecule has 2 heterocycles. The summed E-state index contributed by atoms with van der Waals surface area (Å²) in [5.41, 5.74) is 0.278. The number of rotatable bonds is 6. The lowest BCUT2D eigenvalue weighted by Crippen LogP contribution is -2.43. The van der Waals surface area contributed by atoms with Gasteiger partial charge in [0, 0.05) is 41.8 Å². The zero-order chi connectivity index (χ0) is 22.8. The molecule has 2 amide bonds. The van der Waals surface area contributed by atoms with Gasteiger partial charge in [0.2, 0.25) is 5.88 Å². The van der Waals surface area contributed by atoms with Gasteiger partial charge in [0.25, 0.3) is 0 Å². The summed E-state index contributed by atoms with van der Waals surface area (Å²) in [6, 6.07) is 11.9. The van der Waals surface area contributed by atoms with Crippen molar-refractivity contribution in [3.05, 3.63) is 65.7 Å². The lowest BCUT2D eigenvalue weighted by Gasteiger charge is -2.35. The summed E-state index contributed by atoms with van der Waals surface area (Å²) in [4.78, 5) is 19.8. The summed E-state index contributed by atoms with van der Waals surface area (Å²) < 4.78 is 46.0. The van der Waals surface area contributed by atoms with E-state index in [2.05, 4.69) is 4.98 Å². The van der Waals surface area contributed by atoms with Crippen LogP contribution < -0.4 is 23.4 Å². The lowest BCUT2D eigenvalue weighted by atomic mass is 10.1. The number of para-hydroxylation sites is 1. The Balaban J connectivity index is 1.77. The average molecular weight is 459 g/mol. The molecule has 32 heavy (non-hydrogen) atoms. The number of hydrogen-bond acceptors (Lipinski definition) is 6. The van der Waals surface area contributed by atoms with E-state index in [0.717, 1.165) is 24.1 Å². The number of hydrogen-bond donors (Lipinski definition) is 0. The number of methoxy groups -OCH3 is 3. The van der Waals surface area contributed by atoms with Crippen molar-refractivity contribution in [2.75, 3.05) is 30.5 Å². The first-order valence-electron chi connectivity index (χ1n) is 9.45. The van der Waals surface area contributed by atoms with E-state index < -0.39 is 17.7 Å². The fourth-order valence-corrected chi connectivity index (χ4v) is 4.18. The zero-order valence-corrected chi connectivity index (χ0v) is 18.3. The van der Waals surface area contributed by atoms with Crippen molar-refractivity contribution in [1.82, 2.24) is 4.98 Å². The maximum absolute atomic E-state index is 14.7. The van der Waals surface area contributed by atoms with Crippen LogP contribution in [0.25, 0.3) is 0 Å². The van der Waals surface area contributed by atoms with Gasteiger partial charge in [-0.3, -0.25) is 4.90 Å². The molecule has 0 fully saturated rings.